The summed E-state index contributed by atoms with van der Waals surface area (Å²) in [6, 6.07) is 0. The first-order chi connectivity index (χ1) is 5.54. The smallest absolute Gasteiger partial charge is 0.0728 e. The zero-order chi connectivity index (χ0) is 9.19. The largest absolute Gasteiger partial charge is 0.0776 e. The summed E-state index contributed by atoms with van der Waals surface area (Å²) in [6.07, 6.45) is 8.66. The fourth-order valence-corrected chi connectivity index (χ4v) is 2.90. The van der Waals surface area contributed by atoms with Crippen LogP contribution in [0, 0.1) is 0 Å². The minimum absolute atomic E-state index is 0.986. The molecule has 1 aliphatic carbocycles. The average molecular weight is 180 g/mol. The zero-order valence-corrected chi connectivity index (χ0v) is 9.78. The van der Waals surface area contributed by atoms with E-state index in [4.69, 9.17) is 0 Å². The lowest BCUT2D eigenvalue weighted by molar-refractivity contribution is 0.927. The molecule has 0 atom stereocenters. The lowest BCUT2D eigenvalue weighted by Gasteiger charge is -2.17. The van der Waals surface area contributed by atoms with Gasteiger partial charge >= 0.3 is 0 Å². The van der Waals surface area contributed by atoms with Crippen molar-refractivity contribution in [3.8, 4) is 0 Å². The van der Waals surface area contributed by atoms with Crippen LogP contribution >= 0.6 is 0 Å². The SMILES string of the molecule is CCCC1=CCC([Si](C)(C)C)=C1. The van der Waals surface area contributed by atoms with Gasteiger partial charge in [0.05, 0.1) is 8.07 Å². The highest BCUT2D eigenvalue weighted by molar-refractivity contribution is 6.83. The van der Waals surface area contributed by atoms with Gasteiger partial charge in [0.15, 0.2) is 0 Å². The molecule has 0 N–H and O–H groups in total. The second-order valence-electron chi connectivity index (χ2n) is 4.65. The summed E-state index contributed by atoms with van der Waals surface area (Å²) in [5.74, 6) is 0. The van der Waals surface area contributed by atoms with Crippen LogP contribution in [0.25, 0.3) is 0 Å². The molecule has 0 aromatic heterocycles. The third kappa shape index (κ3) is 2.34. The number of allylic oxidation sites excluding steroid dienone is 4. The van der Waals surface area contributed by atoms with Crippen molar-refractivity contribution in [1.29, 1.82) is 0 Å². The third-order valence-electron chi connectivity index (χ3n) is 2.45. The molecule has 12 heavy (non-hydrogen) atoms. The first-order valence-electron chi connectivity index (χ1n) is 4.94. The van der Waals surface area contributed by atoms with Crippen molar-refractivity contribution < 1.29 is 0 Å². The molecular formula is C11H20Si. The van der Waals surface area contributed by atoms with Crippen LogP contribution in [0.4, 0.5) is 0 Å². The van der Waals surface area contributed by atoms with Gasteiger partial charge in [-0.3, -0.25) is 0 Å². The van der Waals surface area contributed by atoms with E-state index in [0.29, 0.717) is 0 Å². The molecule has 0 aliphatic heterocycles. The van der Waals surface area contributed by atoms with E-state index >= 15 is 0 Å². The minimum atomic E-state index is -0.986. The first-order valence-corrected chi connectivity index (χ1v) is 8.44. The van der Waals surface area contributed by atoms with Crippen LogP contribution in [0.3, 0.4) is 0 Å². The molecule has 0 saturated heterocycles. The van der Waals surface area contributed by atoms with Crippen molar-refractivity contribution in [3.63, 3.8) is 0 Å². The molecule has 0 bridgehead atoms. The summed E-state index contributed by atoms with van der Waals surface area (Å²) in [6.45, 7) is 9.55. The molecule has 1 heteroatoms. The van der Waals surface area contributed by atoms with Crippen molar-refractivity contribution in [3.05, 3.63) is 22.9 Å². The van der Waals surface area contributed by atoms with Crippen molar-refractivity contribution in [2.75, 3.05) is 0 Å². The monoisotopic (exact) mass is 180 g/mol. The molecular weight excluding hydrogens is 160 g/mol. The van der Waals surface area contributed by atoms with Crippen LogP contribution in [0.5, 0.6) is 0 Å². The van der Waals surface area contributed by atoms with Crippen LogP contribution in [0.2, 0.25) is 19.6 Å². The van der Waals surface area contributed by atoms with Crippen LogP contribution in [-0.2, 0) is 0 Å². The normalized spacial score (nSPS) is 17.7. The van der Waals surface area contributed by atoms with Crippen molar-refractivity contribution >= 4 is 8.07 Å². The van der Waals surface area contributed by atoms with E-state index in [1.165, 1.54) is 19.3 Å². The Balaban J connectivity index is 2.61. The molecule has 0 unspecified atom stereocenters. The molecule has 0 nitrogen and oxygen atoms in total. The molecule has 0 heterocycles. The van der Waals surface area contributed by atoms with Gasteiger partial charge in [-0.05, 0) is 12.8 Å². The van der Waals surface area contributed by atoms with E-state index in [-0.39, 0.29) is 0 Å². The maximum atomic E-state index is 2.45. The number of rotatable bonds is 3. The summed E-state index contributed by atoms with van der Waals surface area (Å²) in [5, 5.41) is 1.73. The zero-order valence-electron chi connectivity index (χ0n) is 8.78. The maximum Gasteiger partial charge on any atom is 0.0728 e. The van der Waals surface area contributed by atoms with Crippen LogP contribution in [0.1, 0.15) is 26.2 Å². The molecule has 0 spiro atoms. The lowest BCUT2D eigenvalue weighted by atomic mass is 10.2. The Morgan fingerprint density at radius 2 is 2.00 bits per heavy atom. The first kappa shape index (κ1) is 9.78. The number of hydrogen-bond acceptors (Lipinski definition) is 0. The average Bonchev–Trinajstić information content (AvgIpc) is 2.35. The Morgan fingerprint density at radius 3 is 2.42 bits per heavy atom. The molecule has 1 aliphatic rings. The molecule has 0 fully saturated rings. The molecule has 0 amide bonds. The van der Waals surface area contributed by atoms with Gasteiger partial charge in [0.1, 0.15) is 0 Å². The van der Waals surface area contributed by atoms with E-state index in [0.717, 1.165) is 0 Å². The van der Waals surface area contributed by atoms with Gasteiger partial charge in [0, 0.05) is 0 Å². The van der Waals surface area contributed by atoms with E-state index in [9.17, 15) is 0 Å². The van der Waals surface area contributed by atoms with Crippen LogP contribution in [-0.4, -0.2) is 8.07 Å². The molecule has 0 aromatic rings. The van der Waals surface area contributed by atoms with Gasteiger partial charge in [-0.1, -0.05) is 55.9 Å². The Kier molecular flexibility index (Phi) is 2.94. The van der Waals surface area contributed by atoms with Gasteiger partial charge in [0.2, 0.25) is 0 Å². The van der Waals surface area contributed by atoms with Gasteiger partial charge in [-0.15, -0.1) is 0 Å². The highest BCUT2D eigenvalue weighted by atomic mass is 28.3. The van der Waals surface area contributed by atoms with Crippen molar-refractivity contribution in [1.82, 2.24) is 0 Å². The van der Waals surface area contributed by atoms with Gasteiger partial charge in [-0.25, -0.2) is 0 Å². The Hall–Kier alpha value is -0.303. The van der Waals surface area contributed by atoms with Gasteiger partial charge in [0.25, 0.3) is 0 Å². The Labute approximate surface area is 77.4 Å². The Morgan fingerprint density at radius 1 is 1.33 bits per heavy atom. The van der Waals surface area contributed by atoms with Crippen LogP contribution < -0.4 is 0 Å². The molecule has 0 radical (unpaired) electrons. The fraction of sp³-hybridized carbons (Fsp3) is 0.636. The highest BCUT2D eigenvalue weighted by Gasteiger charge is 2.21. The summed E-state index contributed by atoms with van der Waals surface area (Å²) in [7, 11) is -0.986. The van der Waals surface area contributed by atoms with E-state index in [1.807, 2.05) is 0 Å². The van der Waals surface area contributed by atoms with E-state index in [2.05, 4.69) is 38.7 Å². The second-order valence-corrected chi connectivity index (χ2v) is 9.79. The van der Waals surface area contributed by atoms with Gasteiger partial charge < -0.3 is 0 Å². The summed E-state index contributed by atoms with van der Waals surface area (Å²) >= 11 is 0. The quantitative estimate of drug-likeness (QED) is 0.577. The maximum absolute atomic E-state index is 2.45. The topological polar surface area (TPSA) is 0 Å². The predicted molar refractivity (Wildman–Crippen MR) is 59.0 cm³/mol. The third-order valence-corrected chi connectivity index (χ3v) is 4.72. The summed E-state index contributed by atoms with van der Waals surface area (Å²) < 4.78 is 0. The van der Waals surface area contributed by atoms with Crippen LogP contribution in [0.15, 0.2) is 22.9 Å². The molecule has 0 aromatic carbocycles. The molecule has 0 saturated carbocycles. The molecule has 1 rings (SSSR count). The fourth-order valence-electron chi connectivity index (χ4n) is 1.57. The summed E-state index contributed by atoms with van der Waals surface area (Å²) in [5.41, 5.74) is 1.58. The lowest BCUT2D eigenvalue weighted by Crippen LogP contribution is -2.22. The van der Waals surface area contributed by atoms with E-state index in [1.54, 1.807) is 10.8 Å². The standard InChI is InChI=1S/C11H20Si/c1-5-6-10-7-8-11(9-10)12(2,3)4/h7,9H,5-6,8H2,1-4H3. The van der Waals surface area contributed by atoms with Gasteiger partial charge in [-0.2, -0.15) is 0 Å². The molecule has 68 valence electrons. The van der Waals surface area contributed by atoms with Crippen molar-refractivity contribution in [2.24, 2.45) is 0 Å². The Bertz CT molecular complexity index is 216. The summed E-state index contributed by atoms with van der Waals surface area (Å²) in [4.78, 5) is 0. The minimum Gasteiger partial charge on any atom is -0.0776 e. The second kappa shape index (κ2) is 3.61. The van der Waals surface area contributed by atoms with E-state index < -0.39 is 8.07 Å². The number of hydrogen-bond donors (Lipinski definition) is 0. The highest BCUT2D eigenvalue weighted by Crippen LogP contribution is 2.27. The van der Waals surface area contributed by atoms with Crippen molar-refractivity contribution in [2.45, 2.75) is 45.8 Å². The predicted octanol–water partition coefficient (Wildman–Crippen LogP) is 3.92.